The first-order valence-corrected chi connectivity index (χ1v) is 13.0. The summed E-state index contributed by atoms with van der Waals surface area (Å²) >= 11 is 0. The third-order valence-electron chi connectivity index (χ3n) is 6.34. The Morgan fingerprint density at radius 1 is 0.914 bits per heavy atom. The standard InChI is InChI=1S/C29H29NO4S/c1-20-14-16-22(17-15-20)35(33,34)30-26-13-9-8-12-23(26)24(18-27(32)29(2,3)4)25(19-31)28(30)21-10-6-5-7-11-21/h5-17,19,24H,18H2,1-4H3/t24-/m1/s1. The molecule has 0 aromatic heterocycles. The number of benzene rings is 3. The molecule has 0 aliphatic carbocycles. The lowest BCUT2D eigenvalue weighted by Crippen LogP contribution is -2.36. The van der Waals surface area contributed by atoms with Gasteiger partial charge in [0.2, 0.25) is 0 Å². The summed E-state index contributed by atoms with van der Waals surface area (Å²) in [4.78, 5) is 25.9. The molecule has 35 heavy (non-hydrogen) atoms. The summed E-state index contributed by atoms with van der Waals surface area (Å²) in [5.74, 6) is -0.561. The molecule has 6 heteroatoms. The van der Waals surface area contributed by atoms with Crippen molar-refractivity contribution in [2.24, 2.45) is 5.41 Å². The van der Waals surface area contributed by atoms with Gasteiger partial charge in [-0.2, -0.15) is 0 Å². The Kier molecular flexibility index (Phi) is 6.52. The summed E-state index contributed by atoms with van der Waals surface area (Å²) in [6.07, 6.45) is 0.805. The number of fused-ring (bicyclic) bond motifs is 1. The van der Waals surface area contributed by atoms with Crippen molar-refractivity contribution in [2.45, 2.75) is 44.9 Å². The highest BCUT2D eigenvalue weighted by molar-refractivity contribution is 7.93. The van der Waals surface area contributed by atoms with Crippen LogP contribution < -0.4 is 4.31 Å². The van der Waals surface area contributed by atoms with Crippen molar-refractivity contribution < 1.29 is 18.0 Å². The van der Waals surface area contributed by atoms with E-state index in [1.54, 1.807) is 72.8 Å². The number of para-hydroxylation sites is 1. The number of hydrogen-bond donors (Lipinski definition) is 0. The SMILES string of the molecule is Cc1ccc(S(=O)(=O)N2C(c3ccccc3)=C(C=O)[C@H](CC(=O)C(C)(C)C)c3ccccc32)cc1. The Morgan fingerprint density at radius 2 is 1.51 bits per heavy atom. The van der Waals surface area contributed by atoms with E-state index in [1.807, 2.05) is 33.8 Å². The predicted molar refractivity (Wildman–Crippen MR) is 139 cm³/mol. The van der Waals surface area contributed by atoms with Crippen LogP contribution in [0.1, 0.15) is 49.8 Å². The number of allylic oxidation sites excluding steroid dienone is 1. The first-order valence-electron chi connectivity index (χ1n) is 11.5. The van der Waals surface area contributed by atoms with Crippen LogP contribution in [0, 0.1) is 12.3 Å². The van der Waals surface area contributed by atoms with Gasteiger partial charge in [-0.1, -0.05) is 87.0 Å². The maximum atomic E-state index is 14.1. The second kappa shape index (κ2) is 9.27. The average Bonchev–Trinajstić information content (AvgIpc) is 2.83. The van der Waals surface area contributed by atoms with Gasteiger partial charge < -0.3 is 0 Å². The molecule has 5 nitrogen and oxygen atoms in total. The van der Waals surface area contributed by atoms with Gasteiger partial charge in [-0.05, 0) is 36.2 Å². The van der Waals surface area contributed by atoms with E-state index in [1.165, 1.54) is 4.31 Å². The minimum atomic E-state index is -4.08. The Balaban J connectivity index is 2.03. The molecule has 0 amide bonds. The minimum absolute atomic E-state index is 0.00101. The van der Waals surface area contributed by atoms with E-state index in [4.69, 9.17) is 0 Å². The number of Topliss-reactive ketones (excluding diaryl/α,β-unsaturated/α-hetero) is 1. The highest BCUT2D eigenvalue weighted by Crippen LogP contribution is 2.48. The van der Waals surface area contributed by atoms with Crippen LogP contribution in [-0.2, 0) is 19.6 Å². The number of hydrogen-bond acceptors (Lipinski definition) is 4. The summed E-state index contributed by atoms with van der Waals surface area (Å²) in [7, 11) is -4.08. The number of ketones is 1. The molecule has 0 saturated heterocycles. The van der Waals surface area contributed by atoms with Crippen LogP contribution in [0.5, 0.6) is 0 Å². The van der Waals surface area contributed by atoms with Gasteiger partial charge in [-0.25, -0.2) is 12.7 Å². The Hall–Kier alpha value is -3.51. The van der Waals surface area contributed by atoms with Crippen molar-refractivity contribution in [3.8, 4) is 0 Å². The number of aldehydes is 1. The molecule has 0 saturated carbocycles. The number of anilines is 1. The number of aryl methyl sites for hydroxylation is 1. The summed E-state index contributed by atoms with van der Waals surface area (Å²) < 4.78 is 29.5. The van der Waals surface area contributed by atoms with Crippen LogP contribution in [0.25, 0.3) is 5.70 Å². The van der Waals surface area contributed by atoms with E-state index >= 15 is 0 Å². The molecule has 0 spiro atoms. The minimum Gasteiger partial charge on any atom is -0.299 e. The van der Waals surface area contributed by atoms with Crippen molar-refractivity contribution in [2.75, 3.05) is 4.31 Å². The molecule has 0 radical (unpaired) electrons. The van der Waals surface area contributed by atoms with Crippen molar-refractivity contribution in [1.29, 1.82) is 0 Å². The van der Waals surface area contributed by atoms with Crippen molar-refractivity contribution in [3.63, 3.8) is 0 Å². The predicted octanol–water partition coefficient (Wildman–Crippen LogP) is 5.90. The van der Waals surface area contributed by atoms with E-state index in [-0.39, 0.29) is 28.4 Å². The number of nitrogens with zero attached hydrogens (tertiary/aromatic N) is 1. The smallest absolute Gasteiger partial charge is 0.268 e. The first kappa shape index (κ1) is 24.6. The zero-order valence-corrected chi connectivity index (χ0v) is 21.2. The van der Waals surface area contributed by atoms with Gasteiger partial charge in [0.15, 0.2) is 0 Å². The lowest BCUT2D eigenvalue weighted by Gasteiger charge is -2.38. The molecule has 1 aliphatic heterocycles. The molecular weight excluding hydrogens is 458 g/mol. The average molecular weight is 488 g/mol. The van der Waals surface area contributed by atoms with Gasteiger partial charge >= 0.3 is 0 Å². The van der Waals surface area contributed by atoms with Crippen molar-refractivity contribution in [1.82, 2.24) is 0 Å². The normalized spacial score (nSPS) is 16.1. The Morgan fingerprint density at radius 3 is 2.11 bits per heavy atom. The zero-order valence-electron chi connectivity index (χ0n) is 20.4. The van der Waals surface area contributed by atoms with Gasteiger partial charge in [0.25, 0.3) is 10.0 Å². The van der Waals surface area contributed by atoms with E-state index in [2.05, 4.69) is 0 Å². The molecule has 3 aromatic carbocycles. The molecule has 1 heterocycles. The summed E-state index contributed by atoms with van der Waals surface area (Å²) in [6.45, 7) is 7.44. The van der Waals surface area contributed by atoms with Crippen molar-refractivity contribution >= 4 is 33.5 Å². The maximum absolute atomic E-state index is 14.1. The molecule has 4 rings (SSSR count). The zero-order chi connectivity index (χ0) is 25.4. The molecule has 1 atom stereocenters. The maximum Gasteiger partial charge on any atom is 0.268 e. The number of sulfonamides is 1. The molecular formula is C29H29NO4S. The highest BCUT2D eigenvalue weighted by Gasteiger charge is 2.41. The van der Waals surface area contributed by atoms with E-state index in [9.17, 15) is 18.0 Å². The van der Waals surface area contributed by atoms with E-state index < -0.39 is 21.4 Å². The fourth-order valence-electron chi connectivity index (χ4n) is 4.33. The number of carbonyl (C=O) groups is 2. The molecule has 3 aromatic rings. The molecule has 180 valence electrons. The second-order valence-electron chi connectivity index (χ2n) is 9.86. The molecule has 1 aliphatic rings. The van der Waals surface area contributed by atoms with Crippen LogP contribution in [0.15, 0.2) is 89.3 Å². The quantitative estimate of drug-likeness (QED) is 0.406. The van der Waals surface area contributed by atoms with Crippen LogP contribution in [0.3, 0.4) is 0 Å². The number of carbonyl (C=O) groups excluding carboxylic acids is 2. The third-order valence-corrected chi connectivity index (χ3v) is 8.07. The monoisotopic (exact) mass is 487 g/mol. The van der Waals surface area contributed by atoms with Gasteiger partial charge in [-0.15, -0.1) is 0 Å². The van der Waals surface area contributed by atoms with E-state index in [0.29, 0.717) is 23.1 Å². The lowest BCUT2D eigenvalue weighted by atomic mass is 9.77. The van der Waals surface area contributed by atoms with Gasteiger partial charge in [0, 0.05) is 23.3 Å². The molecule has 0 N–H and O–H groups in total. The molecule has 0 bridgehead atoms. The Bertz CT molecular complexity index is 1400. The van der Waals surface area contributed by atoms with Crippen LogP contribution >= 0.6 is 0 Å². The number of rotatable bonds is 6. The van der Waals surface area contributed by atoms with E-state index in [0.717, 1.165) is 5.56 Å². The topological polar surface area (TPSA) is 71.5 Å². The van der Waals surface area contributed by atoms with Gasteiger partial charge in [0.1, 0.15) is 12.1 Å². The van der Waals surface area contributed by atoms with Gasteiger partial charge in [0.05, 0.1) is 16.3 Å². The largest absolute Gasteiger partial charge is 0.299 e. The second-order valence-corrected chi connectivity index (χ2v) is 11.6. The lowest BCUT2D eigenvalue weighted by molar-refractivity contribution is -0.126. The van der Waals surface area contributed by atoms with Crippen LogP contribution in [0.4, 0.5) is 5.69 Å². The first-order chi connectivity index (χ1) is 16.6. The third kappa shape index (κ3) is 4.58. The summed E-state index contributed by atoms with van der Waals surface area (Å²) in [6, 6.07) is 22.8. The molecule has 0 fully saturated rings. The highest BCUT2D eigenvalue weighted by atomic mass is 32.2. The fraction of sp³-hybridized carbons (Fsp3) is 0.241. The van der Waals surface area contributed by atoms with Crippen molar-refractivity contribution in [3.05, 3.63) is 101 Å². The van der Waals surface area contributed by atoms with Crippen LogP contribution in [0.2, 0.25) is 0 Å². The fourth-order valence-corrected chi connectivity index (χ4v) is 5.90. The Labute approximate surface area is 207 Å². The molecule has 0 unspecified atom stereocenters. The van der Waals surface area contributed by atoms with Gasteiger partial charge in [-0.3, -0.25) is 9.59 Å². The summed E-state index contributed by atoms with van der Waals surface area (Å²) in [5.41, 5.74) is 2.59. The summed E-state index contributed by atoms with van der Waals surface area (Å²) in [5, 5.41) is 0. The van der Waals surface area contributed by atoms with Crippen LogP contribution in [-0.4, -0.2) is 20.5 Å².